The maximum atomic E-state index is 12.0. The number of methoxy groups -OCH3 is 2. The summed E-state index contributed by atoms with van der Waals surface area (Å²) in [5, 5.41) is 14.4. The summed E-state index contributed by atoms with van der Waals surface area (Å²) in [6.45, 7) is 0. The van der Waals surface area contributed by atoms with Crippen molar-refractivity contribution in [2.45, 2.75) is 0 Å². The van der Waals surface area contributed by atoms with Crippen molar-refractivity contribution in [1.82, 2.24) is 9.97 Å². The predicted octanol–water partition coefficient (Wildman–Crippen LogP) is 2.25. The quantitative estimate of drug-likeness (QED) is 0.420. The van der Waals surface area contributed by atoms with E-state index in [9.17, 15) is 14.9 Å². The van der Waals surface area contributed by atoms with Gasteiger partial charge < -0.3 is 19.2 Å². The monoisotopic (exact) mass is 344 g/mol. The van der Waals surface area contributed by atoms with Gasteiger partial charge in [0.2, 0.25) is 17.7 Å². The number of nitro groups is 1. The van der Waals surface area contributed by atoms with Gasteiger partial charge in [0.05, 0.1) is 25.2 Å². The van der Waals surface area contributed by atoms with Gasteiger partial charge in [-0.2, -0.15) is 9.97 Å². The number of hydrogen-bond acceptors (Lipinski definition) is 9. The van der Waals surface area contributed by atoms with Gasteiger partial charge in [-0.05, 0) is 12.1 Å². The van der Waals surface area contributed by atoms with Crippen LogP contribution >= 0.6 is 0 Å². The van der Waals surface area contributed by atoms with Crippen LogP contribution in [0.2, 0.25) is 0 Å². The average molecular weight is 344 g/mol. The van der Waals surface area contributed by atoms with E-state index in [1.54, 1.807) is 18.2 Å². The zero-order valence-electron chi connectivity index (χ0n) is 13.2. The molecular formula is C15H12N4O6. The Labute approximate surface area is 140 Å². The number of benzene rings is 1. The molecule has 1 N–H and O–H groups in total. The minimum absolute atomic E-state index is 0.0324. The Morgan fingerprint density at radius 2 is 1.80 bits per heavy atom. The second-order valence-corrected chi connectivity index (χ2v) is 4.77. The van der Waals surface area contributed by atoms with Crippen molar-refractivity contribution in [3.63, 3.8) is 0 Å². The smallest absolute Gasteiger partial charge is 0.417 e. The maximum Gasteiger partial charge on any atom is 0.417 e. The fourth-order valence-corrected chi connectivity index (χ4v) is 2.21. The summed E-state index contributed by atoms with van der Waals surface area (Å²) in [4.78, 5) is 30.6. The minimum Gasteiger partial charge on any atom is -0.481 e. The molecule has 0 saturated carbocycles. The van der Waals surface area contributed by atoms with E-state index in [4.69, 9.17) is 13.9 Å². The summed E-state index contributed by atoms with van der Waals surface area (Å²) >= 11 is 0. The largest absolute Gasteiger partial charge is 0.481 e. The molecule has 0 radical (unpaired) electrons. The molecule has 2 heterocycles. The second-order valence-electron chi connectivity index (χ2n) is 4.77. The molecule has 10 heteroatoms. The van der Waals surface area contributed by atoms with Crippen molar-refractivity contribution in [3.8, 4) is 11.8 Å². The van der Waals surface area contributed by atoms with Crippen molar-refractivity contribution in [3.05, 3.63) is 50.9 Å². The van der Waals surface area contributed by atoms with Crippen LogP contribution in [0.4, 0.5) is 17.3 Å². The Balaban J connectivity index is 2.23. The van der Waals surface area contributed by atoms with Crippen LogP contribution in [-0.4, -0.2) is 29.1 Å². The first kappa shape index (κ1) is 16.2. The first-order chi connectivity index (χ1) is 12.0. The summed E-state index contributed by atoms with van der Waals surface area (Å²) in [7, 11) is 2.81. The van der Waals surface area contributed by atoms with Gasteiger partial charge in [0, 0.05) is 5.39 Å². The summed E-state index contributed by atoms with van der Waals surface area (Å²) in [5.41, 5.74) is -1.72. The number of nitrogens with zero attached hydrogens (tertiary/aromatic N) is 3. The number of aromatic nitrogens is 2. The number of hydrogen-bond donors (Lipinski definition) is 1. The van der Waals surface area contributed by atoms with E-state index in [1.807, 2.05) is 0 Å². The van der Waals surface area contributed by atoms with Gasteiger partial charge >= 0.3 is 11.3 Å². The molecule has 25 heavy (non-hydrogen) atoms. The summed E-state index contributed by atoms with van der Waals surface area (Å²) in [5.74, 6) is 0.337. The number of fused-ring (bicyclic) bond motifs is 1. The third-order valence-corrected chi connectivity index (χ3v) is 3.31. The first-order valence-electron chi connectivity index (χ1n) is 6.98. The highest BCUT2D eigenvalue weighted by molar-refractivity contribution is 5.95. The average Bonchev–Trinajstić information content (AvgIpc) is 2.60. The lowest BCUT2D eigenvalue weighted by atomic mass is 10.2. The molecule has 3 aromatic rings. The summed E-state index contributed by atoms with van der Waals surface area (Å²) in [6, 6.07) is 7.84. The van der Waals surface area contributed by atoms with Gasteiger partial charge in [-0.25, -0.2) is 4.79 Å². The van der Waals surface area contributed by atoms with Crippen molar-refractivity contribution in [1.29, 1.82) is 0 Å². The Morgan fingerprint density at radius 1 is 1.16 bits per heavy atom. The third kappa shape index (κ3) is 3.04. The Kier molecular flexibility index (Phi) is 4.16. The van der Waals surface area contributed by atoms with Crippen LogP contribution < -0.4 is 20.4 Å². The normalized spacial score (nSPS) is 10.5. The second kappa shape index (κ2) is 6.43. The highest BCUT2D eigenvalue weighted by Gasteiger charge is 2.25. The molecular weight excluding hydrogens is 332 g/mol. The highest BCUT2D eigenvalue weighted by Crippen LogP contribution is 2.32. The molecule has 0 saturated heterocycles. The molecule has 3 rings (SSSR count). The van der Waals surface area contributed by atoms with Crippen molar-refractivity contribution >= 4 is 28.3 Å². The molecule has 2 aromatic heterocycles. The van der Waals surface area contributed by atoms with E-state index < -0.39 is 16.2 Å². The zero-order chi connectivity index (χ0) is 18.0. The van der Waals surface area contributed by atoms with Crippen molar-refractivity contribution in [2.75, 3.05) is 19.5 Å². The lowest BCUT2D eigenvalue weighted by Gasteiger charge is -2.10. The van der Waals surface area contributed by atoms with E-state index in [0.29, 0.717) is 5.39 Å². The number of anilines is 2. The highest BCUT2D eigenvalue weighted by atomic mass is 16.6. The van der Waals surface area contributed by atoms with Gasteiger partial charge in [0.15, 0.2) is 0 Å². The van der Waals surface area contributed by atoms with Crippen LogP contribution in [0.5, 0.6) is 11.8 Å². The van der Waals surface area contributed by atoms with E-state index >= 15 is 0 Å². The fraction of sp³-hybridized carbons (Fsp3) is 0.133. The lowest BCUT2D eigenvalue weighted by Crippen LogP contribution is -2.11. The molecule has 0 aliphatic heterocycles. The third-order valence-electron chi connectivity index (χ3n) is 3.31. The van der Waals surface area contributed by atoms with Crippen LogP contribution in [0.1, 0.15) is 0 Å². The minimum atomic E-state index is -1.08. The Hall–Kier alpha value is -3.69. The van der Waals surface area contributed by atoms with Gasteiger partial charge in [0.1, 0.15) is 11.3 Å². The Bertz CT molecular complexity index is 994. The predicted molar refractivity (Wildman–Crippen MR) is 87.6 cm³/mol. The molecule has 0 amide bonds. The molecule has 128 valence electrons. The molecule has 0 aliphatic carbocycles. The summed E-state index contributed by atoms with van der Waals surface area (Å²) < 4.78 is 15.1. The number of rotatable bonds is 5. The van der Waals surface area contributed by atoms with Crippen LogP contribution in [0, 0.1) is 10.1 Å². The molecule has 0 bridgehead atoms. The van der Waals surface area contributed by atoms with Crippen molar-refractivity contribution in [2.24, 2.45) is 0 Å². The van der Waals surface area contributed by atoms with E-state index in [-0.39, 0.29) is 29.0 Å². The molecule has 1 aromatic carbocycles. The Morgan fingerprint density at radius 3 is 2.40 bits per heavy atom. The van der Waals surface area contributed by atoms with Crippen LogP contribution in [-0.2, 0) is 0 Å². The standard InChI is InChI=1S/C15H12N4O6/c1-23-10-7-11(24-2)17-15(16-10)18-12-8-5-3-4-6-9(8)25-14(20)13(12)19(21)22/h3-7H,1-2H3,(H,16,17,18). The topological polar surface area (TPSA) is 130 Å². The van der Waals surface area contributed by atoms with E-state index in [2.05, 4.69) is 15.3 Å². The zero-order valence-corrected chi connectivity index (χ0v) is 13.2. The molecule has 0 spiro atoms. The van der Waals surface area contributed by atoms with Gasteiger partial charge in [-0.1, -0.05) is 12.1 Å². The molecule has 0 atom stereocenters. The van der Waals surface area contributed by atoms with Crippen LogP contribution in [0.15, 0.2) is 39.5 Å². The van der Waals surface area contributed by atoms with E-state index in [0.717, 1.165) is 0 Å². The first-order valence-corrected chi connectivity index (χ1v) is 6.98. The van der Waals surface area contributed by atoms with Gasteiger partial charge in [-0.15, -0.1) is 0 Å². The molecule has 0 unspecified atom stereocenters. The molecule has 10 nitrogen and oxygen atoms in total. The maximum absolute atomic E-state index is 12.0. The van der Waals surface area contributed by atoms with Crippen LogP contribution in [0.3, 0.4) is 0 Å². The van der Waals surface area contributed by atoms with Crippen molar-refractivity contribution < 1.29 is 18.8 Å². The lowest BCUT2D eigenvalue weighted by molar-refractivity contribution is -0.386. The van der Waals surface area contributed by atoms with Crippen LogP contribution in [0.25, 0.3) is 11.0 Å². The van der Waals surface area contributed by atoms with Gasteiger partial charge in [0.25, 0.3) is 0 Å². The van der Waals surface area contributed by atoms with Gasteiger partial charge in [-0.3, -0.25) is 10.1 Å². The summed E-state index contributed by atoms with van der Waals surface area (Å²) in [6.07, 6.45) is 0. The number of nitrogens with one attached hydrogen (secondary N) is 1. The van der Waals surface area contributed by atoms with E-state index in [1.165, 1.54) is 26.4 Å². The molecule has 0 aliphatic rings. The number of ether oxygens (including phenoxy) is 2. The molecule has 0 fully saturated rings. The fourth-order valence-electron chi connectivity index (χ4n) is 2.21. The SMILES string of the molecule is COc1cc(OC)nc(Nc2c([N+](=O)[O-])c(=O)oc3ccccc23)n1. The number of para-hydroxylation sites is 1.